The van der Waals surface area contributed by atoms with Crippen LogP contribution in [0.1, 0.15) is 0 Å². The number of nitrogens with zero attached hydrogens (tertiary/aromatic N) is 1. The van der Waals surface area contributed by atoms with E-state index in [0.717, 1.165) is 0 Å². The molecule has 7 heavy (non-hydrogen) atoms. The Bertz CT molecular complexity index is 77.8. The predicted octanol–water partition coefficient (Wildman–Crippen LogP) is 0.235. The highest BCUT2D eigenvalue weighted by atomic mass is 32.1. The van der Waals surface area contributed by atoms with Gasteiger partial charge < -0.3 is 10.6 Å². The van der Waals surface area contributed by atoms with Crippen molar-refractivity contribution in [2.24, 2.45) is 5.73 Å². The molecule has 0 aliphatic carbocycles. The number of rotatable bonds is 1. The molecule has 0 aliphatic heterocycles. The molecule has 0 spiro atoms. The summed E-state index contributed by atoms with van der Waals surface area (Å²) in [4.78, 5) is 1.78. The first-order valence-electron chi connectivity index (χ1n) is 1.95. The average molecular weight is 118 g/mol. The van der Waals surface area contributed by atoms with Crippen LogP contribution in [0.4, 0.5) is 0 Å². The fraction of sp³-hybridized carbons (Fsp3) is 0.500. The second kappa shape index (κ2) is 2.80. The maximum Gasteiger partial charge on any atom is 0.104 e. The Labute approximate surface area is 49.4 Å². The van der Waals surface area contributed by atoms with Crippen molar-refractivity contribution in [2.45, 2.75) is 0 Å². The van der Waals surface area contributed by atoms with Gasteiger partial charge in [0.15, 0.2) is 0 Å². The van der Waals surface area contributed by atoms with Crippen molar-refractivity contribution in [3.05, 3.63) is 11.2 Å². The Balaban J connectivity index is 3.56. The van der Waals surface area contributed by atoms with Crippen LogP contribution in [0.2, 0.25) is 0 Å². The van der Waals surface area contributed by atoms with Gasteiger partial charge in [0, 0.05) is 19.5 Å². The minimum atomic E-state index is 0.670. The van der Waals surface area contributed by atoms with E-state index in [9.17, 15) is 0 Å². The molecule has 0 radical (unpaired) electrons. The van der Waals surface area contributed by atoms with Gasteiger partial charge in [0.1, 0.15) is 5.82 Å². The van der Waals surface area contributed by atoms with Crippen molar-refractivity contribution < 1.29 is 0 Å². The fourth-order valence-electron chi connectivity index (χ4n) is 0.115. The number of nitrogens with two attached hydrogens (primary N) is 1. The van der Waals surface area contributed by atoms with Gasteiger partial charge in [-0.1, -0.05) is 0 Å². The van der Waals surface area contributed by atoms with Crippen LogP contribution >= 0.6 is 12.6 Å². The summed E-state index contributed by atoms with van der Waals surface area (Å²) >= 11 is 3.83. The van der Waals surface area contributed by atoms with Crippen LogP contribution in [-0.2, 0) is 0 Å². The molecular weight excluding hydrogens is 108 g/mol. The molecule has 0 saturated carbocycles. The quantitative estimate of drug-likeness (QED) is 0.483. The molecule has 0 fully saturated rings. The molecular formula is C4H10N2S. The third kappa shape index (κ3) is 2.39. The van der Waals surface area contributed by atoms with Gasteiger partial charge in [-0.15, -0.1) is 12.6 Å². The summed E-state index contributed by atoms with van der Waals surface area (Å²) in [6.45, 7) is 0. The molecule has 0 amide bonds. The van der Waals surface area contributed by atoms with Gasteiger partial charge in [-0.05, 0) is 0 Å². The lowest BCUT2D eigenvalue weighted by atomic mass is 10.7. The largest absolute Gasteiger partial charge is 0.385 e. The normalized spacial score (nSPS) is 11.6. The molecule has 0 aliphatic rings. The van der Waals surface area contributed by atoms with Crippen molar-refractivity contribution in [1.82, 2.24) is 4.90 Å². The maximum absolute atomic E-state index is 5.33. The molecule has 0 saturated heterocycles. The Kier molecular flexibility index (Phi) is 2.67. The highest BCUT2D eigenvalue weighted by molar-refractivity contribution is 7.83. The topological polar surface area (TPSA) is 29.3 Å². The van der Waals surface area contributed by atoms with E-state index in [1.165, 1.54) is 0 Å². The van der Waals surface area contributed by atoms with Gasteiger partial charge >= 0.3 is 0 Å². The van der Waals surface area contributed by atoms with Gasteiger partial charge in [-0.25, -0.2) is 0 Å². The van der Waals surface area contributed by atoms with Gasteiger partial charge in [0.2, 0.25) is 0 Å². The van der Waals surface area contributed by atoms with Crippen LogP contribution in [0.5, 0.6) is 0 Å². The Hall–Kier alpha value is -0.310. The average Bonchev–Trinajstić information content (AvgIpc) is 1.65. The van der Waals surface area contributed by atoms with Crippen molar-refractivity contribution in [3.63, 3.8) is 0 Å². The van der Waals surface area contributed by atoms with Gasteiger partial charge in [-0.2, -0.15) is 0 Å². The lowest BCUT2D eigenvalue weighted by molar-refractivity contribution is 0.507. The monoisotopic (exact) mass is 118 g/mol. The predicted molar refractivity (Wildman–Crippen MR) is 34.9 cm³/mol. The zero-order chi connectivity index (χ0) is 5.86. The van der Waals surface area contributed by atoms with E-state index in [1.54, 1.807) is 10.3 Å². The number of thiol groups is 1. The second-order valence-electron chi connectivity index (χ2n) is 1.45. The molecule has 42 valence electrons. The Morgan fingerprint density at radius 3 is 2.14 bits per heavy atom. The lowest BCUT2D eigenvalue weighted by Gasteiger charge is -2.09. The number of hydrogen-bond donors (Lipinski definition) is 2. The van der Waals surface area contributed by atoms with Crippen molar-refractivity contribution in [2.75, 3.05) is 14.1 Å². The van der Waals surface area contributed by atoms with Crippen molar-refractivity contribution in [1.29, 1.82) is 0 Å². The zero-order valence-electron chi connectivity index (χ0n) is 4.55. The van der Waals surface area contributed by atoms with Gasteiger partial charge in [0.25, 0.3) is 0 Å². The summed E-state index contributed by atoms with van der Waals surface area (Å²) in [6, 6.07) is 0. The van der Waals surface area contributed by atoms with Crippen molar-refractivity contribution in [3.8, 4) is 0 Å². The van der Waals surface area contributed by atoms with E-state index < -0.39 is 0 Å². The Morgan fingerprint density at radius 1 is 1.71 bits per heavy atom. The van der Waals surface area contributed by atoms with Gasteiger partial charge in [0.05, 0.1) is 0 Å². The minimum Gasteiger partial charge on any atom is -0.385 e. The van der Waals surface area contributed by atoms with Crippen LogP contribution in [0.25, 0.3) is 0 Å². The first-order valence-corrected chi connectivity index (χ1v) is 2.47. The first-order chi connectivity index (χ1) is 3.18. The van der Waals surface area contributed by atoms with Crippen LogP contribution in [0.15, 0.2) is 11.2 Å². The van der Waals surface area contributed by atoms with Crippen LogP contribution < -0.4 is 5.73 Å². The standard InChI is InChI=1S/C4H10N2S/c1-6(2)4(5)3-7/h3,7H,5H2,1-2H3/b4-3-. The molecule has 0 aromatic carbocycles. The molecule has 2 N–H and O–H groups in total. The smallest absolute Gasteiger partial charge is 0.104 e. The van der Waals surface area contributed by atoms with E-state index in [4.69, 9.17) is 5.73 Å². The molecule has 0 heterocycles. The van der Waals surface area contributed by atoms with E-state index in [2.05, 4.69) is 12.6 Å². The summed E-state index contributed by atoms with van der Waals surface area (Å²) in [5.74, 6) is 0.670. The van der Waals surface area contributed by atoms with E-state index >= 15 is 0 Å². The third-order valence-corrected chi connectivity index (χ3v) is 0.913. The molecule has 0 bridgehead atoms. The SMILES string of the molecule is CN(C)/C(N)=C\S. The molecule has 0 atom stereocenters. The fourth-order valence-corrected chi connectivity index (χ4v) is 0.346. The molecule has 2 nitrogen and oxygen atoms in total. The molecule has 0 unspecified atom stereocenters. The summed E-state index contributed by atoms with van der Waals surface area (Å²) in [7, 11) is 3.73. The van der Waals surface area contributed by atoms with Crippen molar-refractivity contribution >= 4 is 12.6 Å². The first kappa shape index (κ1) is 6.69. The van der Waals surface area contributed by atoms with E-state index in [-0.39, 0.29) is 0 Å². The van der Waals surface area contributed by atoms with Gasteiger partial charge in [-0.3, -0.25) is 0 Å². The third-order valence-electron chi connectivity index (χ3n) is 0.649. The van der Waals surface area contributed by atoms with Crippen LogP contribution in [-0.4, -0.2) is 19.0 Å². The summed E-state index contributed by atoms with van der Waals surface area (Å²) in [5.41, 5.74) is 5.33. The zero-order valence-corrected chi connectivity index (χ0v) is 5.44. The molecule has 0 aromatic rings. The van der Waals surface area contributed by atoms with Crippen LogP contribution in [0, 0.1) is 0 Å². The maximum atomic E-state index is 5.33. The molecule has 3 heteroatoms. The number of hydrogen-bond acceptors (Lipinski definition) is 3. The highest BCUT2D eigenvalue weighted by Gasteiger charge is 1.84. The Morgan fingerprint density at radius 2 is 2.14 bits per heavy atom. The minimum absolute atomic E-state index is 0.670. The second-order valence-corrected chi connectivity index (χ2v) is 1.71. The molecule has 0 rings (SSSR count). The summed E-state index contributed by atoms with van der Waals surface area (Å²) < 4.78 is 0. The van der Waals surface area contributed by atoms with Crippen LogP contribution in [0.3, 0.4) is 0 Å². The van der Waals surface area contributed by atoms with E-state index in [1.807, 2.05) is 14.1 Å². The summed E-state index contributed by atoms with van der Waals surface area (Å²) in [6.07, 6.45) is 0. The van der Waals surface area contributed by atoms with E-state index in [0.29, 0.717) is 5.82 Å². The summed E-state index contributed by atoms with van der Waals surface area (Å²) in [5, 5.41) is 1.56. The molecule has 0 aromatic heterocycles. The lowest BCUT2D eigenvalue weighted by Crippen LogP contribution is -2.17. The highest BCUT2D eigenvalue weighted by Crippen LogP contribution is 1.88.